The Hall–Kier alpha value is -2.87. The van der Waals surface area contributed by atoms with Gasteiger partial charge in [0.15, 0.2) is 0 Å². The summed E-state index contributed by atoms with van der Waals surface area (Å²) in [4.78, 5) is 13.8. The third kappa shape index (κ3) is 4.51. The zero-order valence-corrected chi connectivity index (χ0v) is 22.4. The SMILES string of the molecule is CC(C)c1ccc2c(c1)C1(C)CCCC(C)(CNC(=O)C(c3ccccc3)c3ccccc3)C1CC2. The maximum atomic E-state index is 13.8. The third-order valence-corrected chi connectivity index (χ3v) is 9.37. The number of rotatable bonds is 6. The van der Waals surface area contributed by atoms with E-state index in [1.165, 1.54) is 31.2 Å². The summed E-state index contributed by atoms with van der Waals surface area (Å²) in [7, 11) is 0. The number of fused-ring (bicyclic) bond motifs is 3. The Kier molecular flexibility index (Phi) is 6.81. The number of hydrogen-bond donors (Lipinski definition) is 1. The maximum Gasteiger partial charge on any atom is 0.232 e. The van der Waals surface area contributed by atoms with Gasteiger partial charge in [-0.05, 0) is 76.2 Å². The zero-order chi connectivity index (χ0) is 25.3. The van der Waals surface area contributed by atoms with E-state index in [1.807, 2.05) is 36.4 Å². The fourth-order valence-corrected chi connectivity index (χ4v) is 7.36. The van der Waals surface area contributed by atoms with Gasteiger partial charge in [-0.2, -0.15) is 0 Å². The first-order valence-electron chi connectivity index (χ1n) is 13.8. The Balaban J connectivity index is 1.40. The smallest absolute Gasteiger partial charge is 0.232 e. The van der Waals surface area contributed by atoms with Crippen LogP contribution in [0.15, 0.2) is 78.9 Å². The monoisotopic (exact) mass is 479 g/mol. The highest BCUT2D eigenvalue weighted by Gasteiger charge is 2.51. The van der Waals surface area contributed by atoms with Crippen LogP contribution in [0.2, 0.25) is 0 Å². The first-order chi connectivity index (χ1) is 17.3. The van der Waals surface area contributed by atoms with Crippen LogP contribution in [0.1, 0.15) is 93.0 Å². The molecule has 0 saturated heterocycles. The third-order valence-electron chi connectivity index (χ3n) is 9.37. The quantitative estimate of drug-likeness (QED) is 0.384. The standard InChI is InChI=1S/C34H41NO/c1-24(2)28-17-16-25-18-19-30-33(3,20-11-21-34(30,4)29(25)22-28)23-35-32(36)31(26-12-7-5-8-13-26)27-14-9-6-10-15-27/h5-10,12-17,22,24,30-31H,11,18-21,23H2,1-4H3,(H,35,36). The van der Waals surface area contributed by atoms with E-state index in [1.54, 1.807) is 11.1 Å². The van der Waals surface area contributed by atoms with Gasteiger partial charge in [0, 0.05) is 6.54 Å². The van der Waals surface area contributed by atoms with Crippen molar-refractivity contribution in [2.45, 2.75) is 77.0 Å². The van der Waals surface area contributed by atoms with Crippen LogP contribution >= 0.6 is 0 Å². The predicted octanol–water partition coefficient (Wildman–Crippen LogP) is 7.77. The Labute approximate surface area is 217 Å². The summed E-state index contributed by atoms with van der Waals surface area (Å²) in [6, 6.07) is 27.6. The highest BCUT2D eigenvalue weighted by atomic mass is 16.1. The molecule has 2 heteroatoms. The molecule has 3 aromatic rings. The van der Waals surface area contributed by atoms with Crippen LogP contribution in [0.25, 0.3) is 0 Å². The van der Waals surface area contributed by atoms with Gasteiger partial charge in [0.2, 0.25) is 5.91 Å². The van der Waals surface area contributed by atoms with Crippen molar-refractivity contribution in [1.29, 1.82) is 0 Å². The number of amides is 1. The van der Waals surface area contributed by atoms with Crippen LogP contribution < -0.4 is 5.32 Å². The number of carbonyl (C=O) groups is 1. The number of carbonyl (C=O) groups excluding carboxylic acids is 1. The van der Waals surface area contributed by atoms with E-state index in [4.69, 9.17) is 0 Å². The number of nitrogens with one attached hydrogen (secondary N) is 1. The van der Waals surface area contributed by atoms with Crippen molar-refractivity contribution in [3.05, 3.63) is 107 Å². The van der Waals surface area contributed by atoms with E-state index in [-0.39, 0.29) is 22.7 Å². The van der Waals surface area contributed by atoms with E-state index in [0.29, 0.717) is 11.8 Å². The molecule has 1 saturated carbocycles. The molecule has 2 aliphatic carbocycles. The Morgan fingerprint density at radius 3 is 2.14 bits per heavy atom. The molecule has 1 N–H and O–H groups in total. The molecule has 0 heterocycles. The zero-order valence-electron chi connectivity index (χ0n) is 22.4. The van der Waals surface area contributed by atoms with Crippen molar-refractivity contribution < 1.29 is 4.79 Å². The number of aryl methyl sites for hydroxylation is 1. The molecule has 2 aliphatic rings. The molecule has 0 radical (unpaired) electrons. The van der Waals surface area contributed by atoms with Crippen LogP contribution in [0, 0.1) is 11.3 Å². The summed E-state index contributed by atoms with van der Waals surface area (Å²) in [5.41, 5.74) is 6.93. The predicted molar refractivity (Wildman–Crippen MR) is 149 cm³/mol. The molecule has 1 amide bonds. The summed E-state index contributed by atoms with van der Waals surface area (Å²) in [5.74, 6) is 0.938. The summed E-state index contributed by atoms with van der Waals surface area (Å²) >= 11 is 0. The minimum absolute atomic E-state index is 0.0894. The average molecular weight is 480 g/mol. The second kappa shape index (κ2) is 9.88. The Morgan fingerprint density at radius 2 is 1.53 bits per heavy atom. The minimum Gasteiger partial charge on any atom is -0.355 e. The van der Waals surface area contributed by atoms with Gasteiger partial charge in [-0.15, -0.1) is 0 Å². The molecule has 0 aliphatic heterocycles. The average Bonchev–Trinajstić information content (AvgIpc) is 2.89. The summed E-state index contributed by atoms with van der Waals surface area (Å²) in [6.45, 7) is 10.3. The Bertz CT molecular complexity index is 1160. The van der Waals surface area contributed by atoms with Gasteiger partial charge in [-0.1, -0.05) is 113 Å². The van der Waals surface area contributed by atoms with E-state index in [2.05, 4.69) is 75.5 Å². The van der Waals surface area contributed by atoms with Gasteiger partial charge in [0.1, 0.15) is 0 Å². The normalized spacial score (nSPS) is 25.3. The Morgan fingerprint density at radius 1 is 0.889 bits per heavy atom. The summed E-state index contributed by atoms with van der Waals surface area (Å²) in [5, 5.41) is 3.45. The molecule has 5 rings (SSSR count). The van der Waals surface area contributed by atoms with Crippen LogP contribution in [-0.4, -0.2) is 12.5 Å². The lowest BCUT2D eigenvalue weighted by Gasteiger charge is -2.55. The van der Waals surface area contributed by atoms with Crippen LogP contribution in [-0.2, 0) is 16.6 Å². The minimum atomic E-state index is -0.286. The van der Waals surface area contributed by atoms with E-state index < -0.39 is 0 Å². The van der Waals surface area contributed by atoms with E-state index in [9.17, 15) is 4.79 Å². The molecule has 188 valence electrons. The van der Waals surface area contributed by atoms with Gasteiger partial charge in [0.25, 0.3) is 0 Å². The molecular weight excluding hydrogens is 438 g/mol. The van der Waals surface area contributed by atoms with Crippen molar-refractivity contribution >= 4 is 5.91 Å². The largest absolute Gasteiger partial charge is 0.355 e. The first kappa shape index (κ1) is 24.8. The van der Waals surface area contributed by atoms with Gasteiger partial charge >= 0.3 is 0 Å². The molecule has 36 heavy (non-hydrogen) atoms. The van der Waals surface area contributed by atoms with Gasteiger partial charge in [-0.25, -0.2) is 0 Å². The van der Waals surface area contributed by atoms with E-state index in [0.717, 1.165) is 24.1 Å². The van der Waals surface area contributed by atoms with Gasteiger partial charge < -0.3 is 5.32 Å². The molecule has 3 aromatic carbocycles. The van der Waals surface area contributed by atoms with Crippen molar-refractivity contribution in [3.63, 3.8) is 0 Å². The molecule has 0 spiro atoms. The topological polar surface area (TPSA) is 29.1 Å². The van der Waals surface area contributed by atoms with Crippen molar-refractivity contribution in [2.75, 3.05) is 6.54 Å². The van der Waals surface area contributed by atoms with Crippen LogP contribution in [0.5, 0.6) is 0 Å². The maximum absolute atomic E-state index is 13.8. The molecule has 0 aromatic heterocycles. The molecule has 3 unspecified atom stereocenters. The molecule has 0 bridgehead atoms. The highest BCUT2D eigenvalue weighted by molar-refractivity contribution is 5.87. The molecular formula is C34H41NO. The lowest BCUT2D eigenvalue weighted by Crippen LogP contribution is -2.53. The highest BCUT2D eigenvalue weighted by Crippen LogP contribution is 2.57. The lowest BCUT2D eigenvalue weighted by molar-refractivity contribution is -0.122. The van der Waals surface area contributed by atoms with E-state index >= 15 is 0 Å². The molecule has 3 atom stereocenters. The van der Waals surface area contributed by atoms with Crippen molar-refractivity contribution in [1.82, 2.24) is 5.32 Å². The van der Waals surface area contributed by atoms with Crippen LogP contribution in [0.4, 0.5) is 0 Å². The molecule has 2 nitrogen and oxygen atoms in total. The fraction of sp³-hybridized carbons (Fsp3) is 0.441. The second-order valence-corrected chi connectivity index (χ2v) is 12.1. The van der Waals surface area contributed by atoms with Gasteiger partial charge in [0.05, 0.1) is 5.92 Å². The van der Waals surface area contributed by atoms with Crippen molar-refractivity contribution in [3.8, 4) is 0 Å². The fourth-order valence-electron chi connectivity index (χ4n) is 7.36. The lowest BCUT2D eigenvalue weighted by atomic mass is 9.49. The molecule has 1 fully saturated rings. The summed E-state index contributed by atoms with van der Waals surface area (Å²) in [6.07, 6.45) is 5.98. The first-order valence-corrected chi connectivity index (χ1v) is 13.8. The summed E-state index contributed by atoms with van der Waals surface area (Å²) < 4.78 is 0. The second-order valence-electron chi connectivity index (χ2n) is 12.1. The number of hydrogen-bond acceptors (Lipinski definition) is 1. The van der Waals surface area contributed by atoms with Crippen LogP contribution in [0.3, 0.4) is 0 Å². The van der Waals surface area contributed by atoms with Crippen molar-refractivity contribution in [2.24, 2.45) is 11.3 Å². The number of benzene rings is 3. The van der Waals surface area contributed by atoms with Gasteiger partial charge in [-0.3, -0.25) is 4.79 Å².